The highest BCUT2D eigenvalue weighted by Gasteiger charge is 2.35. The van der Waals surface area contributed by atoms with Crippen molar-refractivity contribution in [3.05, 3.63) is 0 Å². The third-order valence-corrected chi connectivity index (χ3v) is 2.08. The predicted molar refractivity (Wildman–Crippen MR) is 38.6 cm³/mol. The Morgan fingerprint density at radius 2 is 2.30 bits per heavy atom. The lowest BCUT2D eigenvalue weighted by atomic mass is 9.87. The third kappa shape index (κ3) is 1.19. The van der Waals surface area contributed by atoms with E-state index in [9.17, 15) is 0 Å². The maximum absolute atomic E-state index is 8.74. The lowest BCUT2D eigenvalue weighted by Gasteiger charge is -2.12. The zero-order chi connectivity index (χ0) is 7.72. The van der Waals surface area contributed by atoms with Gasteiger partial charge in [-0.15, -0.1) is 0 Å². The Balaban J connectivity index is 2.53. The van der Waals surface area contributed by atoms with Crippen molar-refractivity contribution in [2.75, 3.05) is 6.61 Å². The first-order chi connectivity index (χ1) is 4.66. The van der Waals surface area contributed by atoms with Gasteiger partial charge in [0.15, 0.2) is 0 Å². The summed E-state index contributed by atoms with van der Waals surface area (Å²) in [7, 11) is 5.48. The van der Waals surface area contributed by atoms with Gasteiger partial charge in [0.05, 0.1) is 12.7 Å². The predicted octanol–water partition coefficient (Wildman–Crippen LogP) is -1.16. The summed E-state index contributed by atoms with van der Waals surface area (Å²) in [5, 5.41) is 8.74. The van der Waals surface area contributed by atoms with E-state index in [-0.39, 0.29) is 24.7 Å². The fourth-order valence-corrected chi connectivity index (χ4v) is 1.17. The van der Waals surface area contributed by atoms with Crippen LogP contribution in [0.4, 0.5) is 0 Å². The molecule has 1 aliphatic heterocycles. The summed E-state index contributed by atoms with van der Waals surface area (Å²) < 4.78 is 5.14. The van der Waals surface area contributed by atoms with E-state index >= 15 is 0 Å². The van der Waals surface area contributed by atoms with Gasteiger partial charge in [-0.1, -0.05) is 6.92 Å². The molecule has 1 rings (SSSR count). The average molecular weight is 141 g/mol. The van der Waals surface area contributed by atoms with Crippen molar-refractivity contribution in [2.24, 2.45) is 11.7 Å². The minimum Gasteiger partial charge on any atom is -0.394 e. The normalized spacial score (nSPS) is 47.9. The van der Waals surface area contributed by atoms with E-state index < -0.39 is 6.00 Å². The van der Waals surface area contributed by atoms with Crippen LogP contribution in [0.15, 0.2) is 0 Å². The number of ether oxygens (including phenoxy) is 1. The highest BCUT2D eigenvalue weighted by Crippen LogP contribution is 2.22. The van der Waals surface area contributed by atoms with Crippen LogP contribution in [0.3, 0.4) is 0 Å². The molecule has 1 fully saturated rings. The highest BCUT2D eigenvalue weighted by atomic mass is 16.5. The first-order valence-electron chi connectivity index (χ1n) is 3.44. The Labute approximate surface area is 62.0 Å². The van der Waals surface area contributed by atoms with E-state index in [1.54, 1.807) is 0 Å². The van der Waals surface area contributed by atoms with Crippen molar-refractivity contribution in [3.63, 3.8) is 0 Å². The van der Waals surface area contributed by atoms with Crippen LogP contribution in [-0.2, 0) is 4.74 Å². The van der Waals surface area contributed by atoms with Crippen LogP contribution in [0, 0.1) is 5.92 Å². The summed E-state index contributed by atoms with van der Waals surface area (Å²) in [5.41, 5.74) is 5.63. The first-order valence-corrected chi connectivity index (χ1v) is 3.44. The SMILES string of the molecule is [B][C@@H]1O[C@H](CO)[C@@H](C)[C@H]1N. The van der Waals surface area contributed by atoms with Crippen LogP contribution in [0.25, 0.3) is 0 Å². The van der Waals surface area contributed by atoms with Gasteiger partial charge in [0.1, 0.15) is 7.85 Å². The molecule has 0 aromatic heterocycles. The molecule has 0 aliphatic carbocycles. The largest absolute Gasteiger partial charge is 0.394 e. The van der Waals surface area contributed by atoms with Gasteiger partial charge >= 0.3 is 0 Å². The minimum absolute atomic E-state index is 0.00255. The van der Waals surface area contributed by atoms with Gasteiger partial charge < -0.3 is 15.6 Å². The van der Waals surface area contributed by atoms with Gasteiger partial charge in [-0.25, -0.2) is 0 Å². The maximum Gasteiger partial charge on any atom is 0.111 e. The van der Waals surface area contributed by atoms with Crippen molar-refractivity contribution >= 4 is 7.85 Å². The number of rotatable bonds is 1. The fourth-order valence-electron chi connectivity index (χ4n) is 1.17. The summed E-state index contributed by atoms with van der Waals surface area (Å²) in [4.78, 5) is 0. The molecule has 1 heterocycles. The average Bonchev–Trinajstić information content (AvgIpc) is 2.17. The van der Waals surface area contributed by atoms with E-state index in [0.29, 0.717) is 0 Å². The smallest absolute Gasteiger partial charge is 0.111 e. The number of aliphatic hydroxyl groups is 1. The minimum atomic E-state index is -0.410. The summed E-state index contributed by atoms with van der Waals surface area (Å²) in [5.74, 6) is 0.153. The number of aliphatic hydroxyl groups excluding tert-OH is 1. The van der Waals surface area contributed by atoms with E-state index in [1.165, 1.54) is 0 Å². The molecule has 3 nitrogen and oxygen atoms in total. The van der Waals surface area contributed by atoms with Crippen molar-refractivity contribution in [1.82, 2.24) is 0 Å². The Bertz CT molecular complexity index is 122. The molecule has 4 heteroatoms. The molecule has 10 heavy (non-hydrogen) atoms. The standard InChI is InChI=1S/C6H12BNO2/c1-3-4(2-9)10-6(7)5(3)8/h3-6,9H,2,8H2,1H3/t3-,4-,5-,6-/m1/s1. The van der Waals surface area contributed by atoms with E-state index in [4.69, 9.17) is 23.4 Å². The Hall–Kier alpha value is -0.0551. The van der Waals surface area contributed by atoms with Crippen LogP contribution in [0.5, 0.6) is 0 Å². The molecule has 0 amide bonds. The van der Waals surface area contributed by atoms with Gasteiger partial charge in [0.25, 0.3) is 0 Å². The number of hydrogen-bond donors (Lipinski definition) is 2. The topological polar surface area (TPSA) is 55.5 Å². The van der Waals surface area contributed by atoms with E-state index in [1.807, 2.05) is 6.92 Å². The molecule has 0 spiro atoms. The van der Waals surface area contributed by atoms with Gasteiger partial charge in [0, 0.05) is 18.0 Å². The van der Waals surface area contributed by atoms with Crippen LogP contribution in [0.2, 0.25) is 0 Å². The maximum atomic E-state index is 8.74. The molecule has 3 N–H and O–H groups in total. The molecular formula is C6H12BNO2. The number of nitrogens with two attached hydrogens (primary N) is 1. The van der Waals surface area contributed by atoms with Crippen molar-refractivity contribution in [3.8, 4) is 0 Å². The molecule has 0 unspecified atom stereocenters. The third-order valence-electron chi connectivity index (χ3n) is 2.08. The molecule has 2 radical (unpaired) electrons. The van der Waals surface area contributed by atoms with Crippen molar-refractivity contribution in [1.29, 1.82) is 0 Å². The molecule has 56 valence electrons. The summed E-state index contributed by atoms with van der Waals surface area (Å²) in [6, 6.07) is -0.552. The van der Waals surface area contributed by atoms with Gasteiger partial charge in [-0.2, -0.15) is 0 Å². The van der Waals surface area contributed by atoms with Crippen LogP contribution < -0.4 is 5.73 Å². The molecule has 0 aromatic carbocycles. The quantitative estimate of drug-likeness (QED) is 0.452. The molecule has 0 aromatic rings. The number of hydrogen-bond acceptors (Lipinski definition) is 3. The summed E-state index contributed by atoms with van der Waals surface area (Å²) in [6.45, 7) is 1.93. The van der Waals surface area contributed by atoms with Gasteiger partial charge in [-0.3, -0.25) is 0 Å². The van der Waals surface area contributed by atoms with E-state index in [0.717, 1.165) is 0 Å². The molecule has 1 saturated heterocycles. The molecule has 1 aliphatic rings. The first kappa shape index (κ1) is 8.05. The van der Waals surface area contributed by atoms with Crippen LogP contribution in [0.1, 0.15) is 6.92 Å². The van der Waals surface area contributed by atoms with Gasteiger partial charge in [-0.05, 0) is 0 Å². The lowest BCUT2D eigenvalue weighted by Crippen LogP contribution is -2.35. The van der Waals surface area contributed by atoms with Crippen LogP contribution >= 0.6 is 0 Å². The summed E-state index contributed by atoms with van der Waals surface area (Å²) in [6.07, 6.45) is -0.176. The second-order valence-electron chi connectivity index (χ2n) is 2.76. The molecule has 0 bridgehead atoms. The Kier molecular flexibility index (Phi) is 2.34. The lowest BCUT2D eigenvalue weighted by molar-refractivity contribution is 0.0290. The molecule has 4 atom stereocenters. The fraction of sp³-hybridized carbons (Fsp3) is 1.00. The Morgan fingerprint density at radius 3 is 2.50 bits per heavy atom. The Morgan fingerprint density at radius 1 is 1.70 bits per heavy atom. The van der Waals surface area contributed by atoms with E-state index in [2.05, 4.69) is 0 Å². The van der Waals surface area contributed by atoms with Gasteiger partial charge in [0.2, 0.25) is 0 Å². The summed E-state index contributed by atoms with van der Waals surface area (Å²) >= 11 is 0. The monoisotopic (exact) mass is 141 g/mol. The van der Waals surface area contributed by atoms with Crippen LogP contribution in [-0.4, -0.2) is 37.7 Å². The zero-order valence-corrected chi connectivity index (χ0v) is 6.03. The zero-order valence-electron chi connectivity index (χ0n) is 6.03. The van der Waals surface area contributed by atoms with Crippen molar-refractivity contribution in [2.45, 2.75) is 25.1 Å². The highest BCUT2D eigenvalue weighted by molar-refractivity contribution is 6.11. The molecule has 0 saturated carbocycles. The van der Waals surface area contributed by atoms with Crippen molar-refractivity contribution < 1.29 is 9.84 Å². The molecular weight excluding hydrogens is 129 g/mol. The second-order valence-corrected chi connectivity index (χ2v) is 2.76. The second kappa shape index (κ2) is 2.90.